The molecule has 156 valence electrons. The van der Waals surface area contributed by atoms with Gasteiger partial charge in [0.2, 0.25) is 0 Å². The van der Waals surface area contributed by atoms with Gasteiger partial charge in [-0.2, -0.15) is 0 Å². The highest BCUT2D eigenvalue weighted by atomic mass is 35.5. The Hall–Kier alpha value is -1.34. The molecule has 2 aromatic rings. The van der Waals surface area contributed by atoms with Gasteiger partial charge in [-0.25, -0.2) is 0 Å². The first kappa shape index (κ1) is 28.9. The highest BCUT2D eigenvalue weighted by molar-refractivity contribution is 6.68. The SMILES string of the molecule is CC(C)(C)NN.COc1ccc(C(=O)Cl)cc1Cl.Cl.O=C(Cl)c1ccccc1. The van der Waals surface area contributed by atoms with Crippen molar-refractivity contribution in [1.82, 2.24) is 5.43 Å². The molecule has 0 amide bonds. The maximum Gasteiger partial charge on any atom is 0.252 e. The van der Waals surface area contributed by atoms with Crippen molar-refractivity contribution in [3.05, 3.63) is 64.7 Å². The van der Waals surface area contributed by atoms with Gasteiger partial charge in [0, 0.05) is 16.7 Å². The number of nitrogens with one attached hydrogen (secondary N) is 1. The van der Waals surface area contributed by atoms with E-state index in [4.69, 9.17) is 45.4 Å². The van der Waals surface area contributed by atoms with Crippen LogP contribution in [0.2, 0.25) is 5.02 Å². The maximum absolute atomic E-state index is 10.7. The van der Waals surface area contributed by atoms with Crippen molar-refractivity contribution >= 4 is 57.7 Å². The van der Waals surface area contributed by atoms with E-state index < -0.39 is 10.5 Å². The number of halogens is 4. The molecule has 0 spiro atoms. The minimum absolute atomic E-state index is 0. The van der Waals surface area contributed by atoms with E-state index in [1.54, 1.807) is 36.4 Å². The Labute approximate surface area is 186 Å². The lowest BCUT2D eigenvalue weighted by Gasteiger charge is -2.14. The molecule has 0 unspecified atom stereocenters. The second kappa shape index (κ2) is 14.6. The average molecular weight is 470 g/mol. The summed E-state index contributed by atoms with van der Waals surface area (Å²) in [4.78, 5) is 21.1. The van der Waals surface area contributed by atoms with Crippen LogP contribution in [0.5, 0.6) is 5.75 Å². The van der Waals surface area contributed by atoms with Gasteiger partial charge in [0.1, 0.15) is 5.75 Å². The Bertz CT molecular complexity index is 736. The van der Waals surface area contributed by atoms with Crippen LogP contribution in [0, 0.1) is 0 Å². The number of methoxy groups -OCH3 is 1. The zero-order chi connectivity index (χ0) is 21.0. The van der Waals surface area contributed by atoms with Crippen LogP contribution in [0.25, 0.3) is 0 Å². The van der Waals surface area contributed by atoms with E-state index >= 15 is 0 Å². The molecule has 28 heavy (non-hydrogen) atoms. The standard InChI is InChI=1S/C8H6Cl2O2.C7H5ClO.C4H12N2.ClH/c1-12-7-3-2-5(8(10)11)4-6(7)9;8-7(9)6-4-2-1-3-5-6;1-4(2,3)6-5;/h2-4H,1H3;1-5H;6H,5H2,1-3H3;1H. The van der Waals surface area contributed by atoms with Crippen molar-refractivity contribution in [2.45, 2.75) is 26.3 Å². The summed E-state index contributed by atoms with van der Waals surface area (Å²) in [6.45, 7) is 6.02. The molecule has 0 saturated heterocycles. The molecule has 0 aliphatic rings. The Balaban J connectivity index is 0. The topological polar surface area (TPSA) is 81.4 Å². The highest BCUT2D eigenvalue weighted by Crippen LogP contribution is 2.25. The summed E-state index contributed by atoms with van der Waals surface area (Å²) in [5, 5.41) is -0.556. The van der Waals surface area contributed by atoms with E-state index in [-0.39, 0.29) is 17.9 Å². The molecule has 0 bridgehead atoms. The third kappa shape index (κ3) is 12.9. The normalized spacial score (nSPS) is 9.57. The quantitative estimate of drug-likeness (QED) is 0.354. The molecule has 0 radical (unpaired) electrons. The van der Waals surface area contributed by atoms with Gasteiger partial charge in [0.05, 0.1) is 12.1 Å². The molecule has 2 aromatic carbocycles. The third-order valence-electron chi connectivity index (χ3n) is 2.81. The average Bonchev–Trinajstić information content (AvgIpc) is 2.62. The van der Waals surface area contributed by atoms with Gasteiger partial charge < -0.3 is 4.74 Å². The largest absolute Gasteiger partial charge is 0.495 e. The lowest BCUT2D eigenvalue weighted by Crippen LogP contribution is -2.41. The number of hydrogen-bond acceptors (Lipinski definition) is 5. The van der Waals surface area contributed by atoms with E-state index in [1.165, 1.54) is 13.2 Å². The number of ether oxygens (including phenoxy) is 1. The molecule has 3 N–H and O–H groups in total. The summed E-state index contributed by atoms with van der Waals surface area (Å²) in [6.07, 6.45) is 0. The fourth-order valence-corrected chi connectivity index (χ4v) is 1.86. The van der Waals surface area contributed by atoms with E-state index in [0.717, 1.165) is 0 Å². The molecule has 0 fully saturated rings. The number of carbonyl (C=O) groups excluding carboxylic acids is 2. The summed E-state index contributed by atoms with van der Waals surface area (Å²) in [5.41, 5.74) is 3.58. The van der Waals surface area contributed by atoms with Crippen molar-refractivity contribution in [2.24, 2.45) is 5.84 Å². The number of carbonyl (C=O) groups is 2. The van der Waals surface area contributed by atoms with E-state index in [1.807, 2.05) is 26.8 Å². The van der Waals surface area contributed by atoms with Gasteiger partial charge in [-0.05, 0) is 62.2 Å². The number of hydrazine groups is 1. The predicted octanol–water partition coefficient (Wildman–Crippen LogP) is 5.46. The van der Waals surface area contributed by atoms with Crippen molar-refractivity contribution < 1.29 is 14.3 Å². The molecule has 0 saturated carbocycles. The summed E-state index contributed by atoms with van der Waals surface area (Å²) in [5.74, 6) is 5.58. The van der Waals surface area contributed by atoms with Crippen LogP contribution in [0.15, 0.2) is 48.5 Å². The molecule has 0 aliphatic carbocycles. The van der Waals surface area contributed by atoms with E-state index in [9.17, 15) is 9.59 Å². The van der Waals surface area contributed by atoms with Crippen LogP contribution in [0.3, 0.4) is 0 Å². The molecular formula is C19H24Cl4N2O3. The van der Waals surface area contributed by atoms with Crippen molar-refractivity contribution in [3.8, 4) is 5.75 Å². The lowest BCUT2D eigenvalue weighted by atomic mass is 10.1. The Morgan fingerprint density at radius 1 is 0.964 bits per heavy atom. The Morgan fingerprint density at radius 2 is 1.43 bits per heavy atom. The minimum atomic E-state index is -0.528. The second-order valence-electron chi connectivity index (χ2n) is 6.16. The summed E-state index contributed by atoms with van der Waals surface area (Å²) in [6, 6.07) is 13.4. The van der Waals surface area contributed by atoms with Crippen LogP contribution in [0.1, 0.15) is 41.5 Å². The molecule has 0 atom stereocenters. The van der Waals surface area contributed by atoms with Crippen LogP contribution in [0.4, 0.5) is 0 Å². The smallest absolute Gasteiger partial charge is 0.252 e. The summed E-state index contributed by atoms with van der Waals surface area (Å²) >= 11 is 16.1. The van der Waals surface area contributed by atoms with E-state index in [0.29, 0.717) is 21.9 Å². The van der Waals surface area contributed by atoms with Gasteiger partial charge in [-0.1, -0.05) is 41.9 Å². The maximum atomic E-state index is 10.7. The Morgan fingerprint density at radius 3 is 1.71 bits per heavy atom. The number of hydrogen-bond donors (Lipinski definition) is 2. The first-order valence-electron chi connectivity index (χ1n) is 7.77. The summed E-state index contributed by atoms with van der Waals surface area (Å²) in [7, 11) is 1.50. The molecule has 9 heteroatoms. The number of rotatable bonds is 3. The van der Waals surface area contributed by atoms with Gasteiger partial charge >= 0.3 is 0 Å². The highest BCUT2D eigenvalue weighted by Gasteiger charge is 2.05. The predicted molar refractivity (Wildman–Crippen MR) is 119 cm³/mol. The zero-order valence-electron chi connectivity index (χ0n) is 16.0. The molecule has 0 aromatic heterocycles. The number of nitrogens with two attached hydrogens (primary N) is 1. The van der Waals surface area contributed by atoms with Gasteiger partial charge in [-0.3, -0.25) is 20.9 Å². The minimum Gasteiger partial charge on any atom is -0.495 e. The summed E-state index contributed by atoms with van der Waals surface area (Å²) < 4.78 is 4.89. The molecule has 5 nitrogen and oxygen atoms in total. The molecule has 0 heterocycles. The molecule has 2 rings (SSSR count). The number of benzene rings is 2. The van der Waals surface area contributed by atoms with Crippen LogP contribution < -0.4 is 16.0 Å². The molecule has 0 aliphatic heterocycles. The molecular weight excluding hydrogens is 446 g/mol. The monoisotopic (exact) mass is 468 g/mol. The third-order valence-corrected chi connectivity index (χ3v) is 3.54. The van der Waals surface area contributed by atoms with Gasteiger partial charge in [0.25, 0.3) is 10.5 Å². The van der Waals surface area contributed by atoms with Crippen molar-refractivity contribution in [1.29, 1.82) is 0 Å². The van der Waals surface area contributed by atoms with Crippen molar-refractivity contribution in [2.75, 3.05) is 7.11 Å². The fraction of sp³-hybridized carbons (Fsp3) is 0.263. The fourth-order valence-electron chi connectivity index (χ4n) is 1.36. The van der Waals surface area contributed by atoms with E-state index in [2.05, 4.69) is 5.43 Å². The zero-order valence-corrected chi connectivity index (χ0v) is 19.0. The first-order chi connectivity index (χ1) is 12.5. The second-order valence-corrected chi connectivity index (χ2v) is 7.25. The Kier molecular flexibility index (Phi) is 15.1. The lowest BCUT2D eigenvalue weighted by molar-refractivity contribution is 0.107. The van der Waals surface area contributed by atoms with Crippen molar-refractivity contribution in [3.63, 3.8) is 0 Å². The van der Waals surface area contributed by atoms with Crippen LogP contribution in [-0.4, -0.2) is 23.1 Å². The van der Waals surface area contributed by atoms with Crippen LogP contribution in [-0.2, 0) is 0 Å². The van der Waals surface area contributed by atoms with Crippen LogP contribution >= 0.6 is 47.2 Å². The first-order valence-corrected chi connectivity index (χ1v) is 8.91. The van der Waals surface area contributed by atoms with Gasteiger partial charge in [-0.15, -0.1) is 12.4 Å². The van der Waals surface area contributed by atoms with Gasteiger partial charge in [0.15, 0.2) is 0 Å².